The Labute approximate surface area is 144 Å². The highest BCUT2D eigenvalue weighted by molar-refractivity contribution is 5.48. The number of piperidine rings is 2. The van der Waals surface area contributed by atoms with Crippen molar-refractivity contribution in [2.24, 2.45) is 5.92 Å². The quantitative estimate of drug-likeness (QED) is 0.868. The molecule has 0 radical (unpaired) electrons. The van der Waals surface area contributed by atoms with Gasteiger partial charge >= 0.3 is 0 Å². The van der Waals surface area contributed by atoms with Gasteiger partial charge in [-0.05, 0) is 37.1 Å². The van der Waals surface area contributed by atoms with Crippen LogP contribution < -0.4 is 10.2 Å². The number of anilines is 1. The average molecular weight is 331 g/mol. The fraction of sp³-hybridized carbons (Fsp3) is 0.684. The molecule has 1 aromatic carbocycles. The van der Waals surface area contributed by atoms with E-state index < -0.39 is 5.60 Å². The molecule has 0 amide bonds. The van der Waals surface area contributed by atoms with Gasteiger partial charge in [-0.25, -0.2) is 0 Å². The van der Waals surface area contributed by atoms with E-state index in [1.165, 1.54) is 11.3 Å². The zero-order chi connectivity index (χ0) is 16.4. The Balaban J connectivity index is 1.40. The number of hydrogen-bond acceptors (Lipinski definition) is 5. The van der Waals surface area contributed by atoms with Crippen molar-refractivity contribution in [2.45, 2.75) is 25.0 Å². The molecule has 5 nitrogen and oxygen atoms in total. The maximum atomic E-state index is 10.8. The first kappa shape index (κ1) is 16.3. The lowest BCUT2D eigenvalue weighted by molar-refractivity contribution is -0.0899. The largest absolute Gasteiger partial charge is 0.389 e. The predicted octanol–water partition coefficient (Wildman–Crippen LogP) is 1.07. The van der Waals surface area contributed by atoms with Gasteiger partial charge in [0.15, 0.2) is 0 Å². The van der Waals surface area contributed by atoms with Gasteiger partial charge < -0.3 is 20.1 Å². The number of fused-ring (bicyclic) bond motifs is 1. The summed E-state index contributed by atoms with van der Waals surface area (Å²) in [5, 5.41) is 14.2. The van der Waals surface area contributed by atoms with E-state index in [1.54, 1.807) is 0 Å². The maximum Gasteiger partial charge on any atom is 0.0724 e. The number of benzene rings is 1. The third-order valence-corrected chi connectivity index (χ3v) is 5.92. The second-order valence-corrected chi connectivity index (χ2v) is 7.51. The molecule has 3 fully saturated rings. The zero-order valence-electron chi connectivity index (χ0n) is 14.4. The van der Waals surface area contributed by atoms with E-state index >= 15 is 0 Å². The van der Waals surface area contributed by atoms with Gasteiger partial charge in [0.2, 0.25) is 0 Å². The summed E-state index contributed by atoms with van der Waals surface area (Å²) in [5.41, 5.74) is 2.24. The normalized spacial score (nSPS) is 31.7. The summed E-state index contributed by atoms with van der Waals surface area (Å²) in [6.45, 7) is 8.47. The molecule has 3 saturated heterocycles. The van der Waals surface area contributed by atoms with E-state index in [0.29, 0.717) is 5.92 Å². The number of morpholine rings is 1. The summed E-state index contributed by atoms with van der Waals surface area (Å²) < 4.78 is 5.45. The predicted molar refractivity (Wildman–Crippen MR) is 95.3 cm³/mol. The van der Waals surface area contributed by atoms with Gasteiger partial charge in [-0.1, -0.05) is 12.1 Å². The minimum absolute atomic E-state index is 0.363. The van der Waals surface area contributed by atoms with Crippen molar-refractivity contribution >= 4 is 5.69 Å². The lowest BCUT2D eigenvalue weighted by atomic mass is 9.76. The van der Waals surface area contributed by atoms with Crippen LogP contribution in [0.1, 0.15) is 18.4 Å². The van der Waals surface area contributed by atoms with E-state index in [2.05, 4.69) is 39.4 Å². The van der Waals surface area contributed by atoms with Crippen LogP contribution in [0.15, 0.2) is 24.3 Å². The van der Waals surface area contributed by atoms with Crippen LogP contribution in [0.25, 0.3) is 0 Å². The Kier molecular flexibility index (Phi) is 4.77. The molecule has 0 aliphatic carbocycles. The van der Waals surface area contributed by atoms with Gasteiger partial charge in [-0.15, -0.1) is 0 Å². The number of rotatable bonds is 3. The van der Waals surface area contributed by atoms with E-state index in [1.807, 2.05) is 0 Å². The Bertz CT molecular complexity index is 561. The molecule has 24 heavy (non-hydrogen) atoms. The first-order valence-electron chi connectivity index (χ1n) is 9.30. The summed E-state index contributed by atoms with van der Waals surface area (Å²) in [7, 11) is 0. The number of nitrogens with one attached hydrogen (secondary N) is 1. The second kappa shape index (κ2) is 7.00. The summed E-state index contributed by atoms with van der Waals surface area (Å²) in [4.78, 5) is 4.91. The molecule has 0 unspecified atom stereocenters. The van der Waals surface area contributed by atoms with Crippen molar-refractivity contribution in [3.8, 4) is 0 Å². The molecule has 1 aromatic rings. The molecule has 3 heterocycles. The first-order valence-corrected chi connectivity index (χ1v) is 9.30. The Morgan fingerprint density at radius 3 is 2.96 bits per heavy atom. The highest BCUT2D eigenvalue weighted by Crippen LogP contribution is 2.33. The monoisotopic (exact) mass is 331 g/mol. The number of ether oxygens (including phenoxy) is 1. The molecule has 3 aliphatic heterocycles. The molecular weight excluding hydrogens is 302 g/mol. The van der Waals surface area contributed by atoms with Crippen LogP contribution in [0, 0.1) is 5.92 Å². The summed E-state index contributed by atoms with van der Waals surface area (Å²) in [6.07, 6.45) is 1.81. The molecule has 4 rings (SSSR count). The molecule has 2 atom stereocenters. The van der Waals surface area contributed by atoms with Crippen LogP contribution in [0.5, 0.6) is 0 Å². The fourth-order valence-electron chi connectivity index (χ4n) is 4.37. The van der Waals surface area contributed by atoms with Crippen molar-refractivity contribution in [1.29, 1.82) is 0 Å². The van der Waals surface area contributed by atoms with Crippen molar-refractivity contribution in [2.75, 3.05) is 57.4 Å². The Hall–Kier alpha value is -1.14. The van der Waals surface area contributed by atoms with Gasteiger partial charge in [-0.2, -0.15) is 0 Å². The molecule has 132 valence electrons. The Morgan fingerprint density at radius 1 is 1.21 bits per heavy atom. The highest BCUT2D eigenvalue weighted by Gasteiger charge is 2.42. The number of nitrogens with zero attached hydrogens (tertiary/aromatic N) is 2. The Morgan fingerprint density at radius 2 is 2.08 bits per heavy atom. The van der Waals surface area contributed by atoms with Gasteiger partial charge in [0, 0.05) is 50.9 Å². The van der Waals surface area contributed by atoms with Crippen molar-refractivity contribution in [3.05, 3.63) is 29.8 Å². The minimum Gasteiger partial charge on any atom is -0.389 e. The maximum absolute atomic E-state index is 10.8. The average Bonchev–Trinajstić information content (AvgIpc) is 2.63. The van der Waals surface area contributed by atoms with Crippen LogP contribution in [-0.2, 0) is 11.3 Å². The van der Waals surface area contributed by atoms with Gasteiger partial charge in [0.1, 0.15) is 0 Å². The van der Waals surface area contributed by atoms with Crippen LogP contribution in [0.2, 0.25) is 0 Å². The van der Waals surface area contributed by atoms with Crippen LogP contribution in [0.3, 0.4) is 0 Å². The fourth-order valence-corrected chi connectivity index (χ4v) is 4.37. The second-order valence-electron chi connectivity index (χ2n) is 7.51. The third-order valence-electron chi connectivity index (χ3n) is 5.92. The van der Waals surface area contributed by atoms with Gasteiger partial charge in [-0.3, -0.25) is 4.90 Å². The molecule has 0 aromatic heterocycles. The highest BCUT2D eigenvalue weighted by atomic mass is 16.5. The molecule has 5 heteroatoms. The van der Waals surface area contributed by atoms with Crippen LogP contribution in [0.4, 0.5) is 5.69 Å². The molecule has 0 saturated carbocycles. The lowest BCUT2D eigenvalue weighted by Crippen LogP contribution is -2.58. The van der Waals surface area contributed by atoms with E-state index in [-0.39, 0.29) is 0 Å². The van der Waals surface area contributed by atoms with E-state index in [4.69, 9.17) is 4.74 Å². The smallest absolute Gasteiger partial charge is 0.0724 e. The van der Waals surface area contributed by atoms with Crippen molar-refractivity contribution in [1.82, 2.24) is 10.2 Å². The molecule has 3 aliphatic rings. The van der Waals surface area contributed by atoms with E-state index in [0.717, 1.165) is 71.9 Å². The summed E-state index contributed by atoms with van der Waals surface area (Å²) >= 11 is 0. The van der Waals surface area contributed by atoms with Crippen molar-refractivity contribution < 1.29 is 9.84 Å². The molecule has 2 N–H and O–H groups in total. The number of likely N-dealkylation sites (tertiary alicyclic amines) is 1. The number of hydrogen-bond donors (Lipinski definition) is 2. The van der Waals surface area contributed by atoms with Crippen LogP contribution in [-0.4, -0.2) is 68.1 Å². The van der Waals surface area contributed by atoms with E-state index in [9.17, 15) is 5.11 Å². The lowest BCUT2D eigenvalue weighted by Gasteiger charge is -2.47. The van der Waals surface area contributed by atoms with Gasteiger partial charge in [0.25, 0.3) is 0 Å². The molecule has 0 bridgehead atoms. The molecule has 0 spiro atoms. The zero-order valence-corrected chi connectivity index (χ0v) is 14.4. The summed E-state index contributed by atoms with van der Waals surface area (Å²) in [6, 6.07) is 8.92. The first-order chi connectivity index (χ1) is 11.7. The number of aliphatic hydroxyl groups is 1. The molecular formula is C19H29N3O2. The van der Waals surface area contributed by atoms with Crippen molar-refractivity contribution in [3.63, 3.8) is 0 Å². The topological polar surface area (TPSA) is 48.0 Å². The SMILES string of the molecule is O[C@]12CCNC[C@H]1CN(Cc1cccc(N3CCOCC3)c1)CC2. The van der Waals surface area contributed by atoms with Gasteiger partial charge in [0.05, 0.1) is 18.8 Å². The third kappa shape index (κ3) is 3.45. The summed E-state index contributed by atoms with van der Waals surface area (Å²) in [5.74, 6) is 0.363. The standard InChI is InChI=1S/C19H29N3O2/c23-19-4-6-20-13-17(19)15-21(7-5-19)14-16-2-1-3-18(12-16)22-8-10-24-11-9-22/h1-3,12,17,20,23H,4-11,13-15H2/t17-,19-/m0/s1. The van der Waals surface area contributed by atoms with Crippen LogP contribution >= 0.6 is 0 Å². The minimum atomic E-state index is -0.433.